The molecule has 0 unspecified atom stereocenters. The molecule has 0 bridgehead atoms. The molecule has 5 heteroatoms. The van der Waals surface area contributed by atoms with Gasteiger partial charge in [-0.25, -0.2) is 9.37 Å². The number of carbonyl (C=O) groups is 1. The number of carbonyl (C=O) groups excluding carboxylic acids is 1. The van der Waals surface area contributed by atoms with Gasteiger partial charge in [-0.1, -0.05) is 6.07 Å². The third-order valence-electron chi connectivity index (χ3n) is 3.95. The summed E-state index contributed by atoms with van der Waals surface area (Å²) in [5.74, 6) is 0.618. The molecule has 3 rings (SSSR count). The normalized spacial score (nSPS) is 15.0. The molecule has 0 radical (unpaired) electrons. The van der Waals surface area contributed by atoms with Gasteiger partial charge >= 0.3 is 0 Å². The Bertz CT molecular complexity index is 667. The van der Waals surface area contributed by atoms with Crippen LogP contribution in [0.15, 0.2) is 42.6 Å². The number of anilines is 1. The molecule has 4 nitrogen and oxygen atoms in total. The van der Waals surface area contributed by atoms with Crippen LogP contribution in [0, 0.1) is 12.7 Å². The number of hydrogen-bond donors (Lipinski definition) is 0. The quantitative estimate of drug-likeness (QED) is 0.855. The highest BCUT2D eigenvalue weighted by Crippen LogP contribution is 2.16. The molecule has 1 fully saturated rings. The van der Waals surface area contributed by atoms with Gasteiger partial charge in [0.25, 0.3) is 5.91 Å². The largest absolute Gasteiger partial charge is 0.353 e. The van der Waals surface area contributed by atoms with Crippen molar-refractivity contribution in [2.75, 3.05) is 31.1 Å². The number of amides is 1. The van der Waals surface area contributed by atoms with Crippen molar-refractivity contribution < 1.29 is 9.18 Å². The van der Waals surface area contributed by atoms with E-state index in [9.17, 15) is 9.18 Å². The second kappa shape index (κ2) is 6.13. The number of rotatable bonds is 2. The average molecular weight is 299 g/mol. The molecule has 2 heterocycles. The van der Waals surface area contributed by atoms with E-state index in [1.54, 1.807) is 25.3 Å². The lowest BCUT2D eigenvalue weighted by molar-refractivity contribution is 0.0746. The Labute approximate surface area is 129 Å². The second-order valence-corrected chi connectivity index (χ2v) is 5.43. The summed E-state index contributed by atoms with van der Waals surface area (Å²) in [4.78, 5) is 20.8. The Hall–Kier alpha value is -2.43. The molecule has 0 aliphatic carbocycles. The number of halogens is 1. The zero-order valence-corrected chi connectivity index (χ0v) is 12.5. The third kappa shape index (κ3) is 2.93. The summed E-state index contributed by atoms with van der Waals surface area (Å²) in [6, 6.07) is 10.3. The first-order chi connectivity index (χ1) is 10.6. The maximum Gasteiger partial charge on any atom is 0.253 e. The molecule has 0 saturated carbocycles. The molecule has 1 aromatic carbocycles. The monoisotopic (exact) mass is 299 g/mol. The summed E-state index contributed by atoms with van der Waals surface area (Å²) in [5, 5.41) is 0. The van der Waals surface area contributed by atoms with Gasteiger partial charge in [-0.3, -0.25) is 4.79 Å². The number of benzene rings is 1. The van der Waals surface area contributed by atoms with Gasteiger partial charge in [0.2, 0.25) is 0 Å². The summed E-state index contributed by atoms with van der Waals surface area (Å²) in [7, 11) is 0. The van der Waals surface area contributed by atoms with E-state index in [0.29, 0.717) is 24.2 Å². The predicted molar refractivity (Wildman–Crippen MR) is 83.5 cm³/mol. The van der Waals surface area contributed by atoms with E-state index < -0.39 is 0 Å². The van der Waals surface area contributed by atoms with E-state index >= 15 is 0 Å². The zero-order valence-electron chi connectivity index (χ0n) is 12.5. The summed E-state index contributed by atoms with van der Waals surface area (Å²) >= 11 is 0. The van der Waals surface area contributed by atoms with Crippen molar-refractivity contribution in [3.8, 4) is 0 Å². The van der Waals surface area contributed by atoms with Gasteiger partial charge in [0, 0.05) is 37.9 Å². The first-order valence-corrected chi connectivity index (χ1v) is 7.36. The van der Waals surface area contributed by atoms with E-state index in [0.717, 1.165) is 18.9 Å². The summed E-state index contributed by atoms with van der Waals surface area (Å²) in [5.41, 5.74) is 1.04. The third-order valence-corrected chi connectivity index (χ3v) is 3.95. The Morgan fingerprint density at radius 1 is 1.14 bits per heavy atom. The number of nitrogens with zero attached hydrogens (tertiary/aromatic N) is 3. The van der Waals surface area contributed by atoms with Crippen molar-refractivity contribution in [3.63, 3.8) is 0 Å². The van der Waals surface area contributed by atoms with E-state index in [4.69, 9.17) is 0 Å². The minimum absolute atomic E-state index is 0.0382. The molecule has 0 N–H and O–H groups in total. The molecule has 1 saturated heterocycles. The van der Waals surface area contributed by atoms with Gasteiger partial charge < -0.3 is 9.80 Å². The molecular formula is C17H18FN3O. The van der Waals surface area contributed by atoms with Crippen LogP contribution in [0.1, 0.15) is 15.9 Å². The van der Waals surface area contributed by atoms with Gasteiger partial charge in [0.1, 0.15) is 11.6 Å². The van der Waals surface area contributed by atoms with Crippen molar-refractivity contribution in [2.24, 2.45) is 0 Å². The maximum atomic E-state index is 13.3. The minimum atomic E-state index is -0.281. The molecule has 114 valence electrons. The first kappa shape index (κ1) is 14.5. The SMILES string of the molecule is Cc1cc(C(=O)N2CCN(c3ccccn3)CC2)ccc1F. The smallest absolute Gasteiger partial charge is 0.253 e. The first-order valence-electron chi connectivity index (χ1n) is 7.36. The fraction of sp³-hybridized carbons (Fsp3) is 0.294. The highest BCUT2D eigenvalue weighted by atomic mass is 19.1. The van der Waals surface area contributed by atoms with E-state index in [1.807, 2.05) is 23.1 Å². The van der Waals surface area contributed by atoms with Gasteiger partial charge in [0.15, 0.2) is 0 Å². The van der Waals surface area contributed by atoms with E-state index in [-0.39, 0.29) is 11.7 Å². The molecule has 0 spiro atoms. The minimum Gasteiger partial charge on any atom is -0.353 e. The van der Waals surface area contributed by atoms with Gasteiger partial charge in [-0.2, -0.15) is 0 Å². The van der Waals surface area contributed by atoms with Crippen LogP contribution in [0.4, 0.5) is 10.2 Å². The van der Waals surface area contributed by atoms with Crippen LogP contribution in [0.5, 0.6) is 0 Å². The number of piperazine rings is 1. The fourth-order valence-electron chi connectivity index (χ4n) is 2.64. The van der Waals surface area contributed by atoms with Crippen molar-refractivity contribution >= 4 is 11.7 Å². The van der Waals surface area contributed by atoms with Crippen LogP contribution < -0.4 is 4.90 Å². The maximum absolute atomic E-state index is 13.3. The Morgan fingerprint density at radius 3 is 2.55 bits per heavy atom. The van der Waals surface area contributed by atoms with Crippen LogP contribution >= 0.6 is 0 Å². The van der Waals surface area contributed by atoms with Crippen LogP contribution in [0.2, 0.25) is 0 Å². The number of pyridine rings is 1. The lowest BCUT2D eigenvalue weighted by atomic mass is 10.1. The topological polar surface area (TPSA) is 36.4 Å². The highest BCUT2D eigenvalue weighted by Gasteiger charge is 2.23. The highest BCUT2D eigenvalue weighted by molar-refractivity contribution is 5.94. The van der Waals surface area contributed by atoms with Gasteiger partial charge in [-0.05, 0) is 42.8 Å². The van der Waals surface area contributed by atoms with E-state index in [1.165, 1.54) is 6.07 Å². The van der Waals surface area contributed by atoms with E-state index in [2.05, 4.69) is 9.88 Å². The van der Waals surface area contributed by atoms with Crippen molar-refractivity contribution in [1.82, 2.24) is 9.88 Å². The lowest BCUT2D eigenvalue weighted by Gasteiger charge is -2.35. The Kier molecular flexibility index (Phi) is 4.04. The zero-order chi connectivity index (χ0) is 15.5. The predicted octanol–water partition coefficient (Wildman–Crippen LogP) is 2.49. The lowest BCUT2D eigenvalue weighted by Crippen LogP contribution is -2.49. The van der Waals surface area contributed by atoms with Crippen molar-refractivity contribution in [2.45, 2.75) is 6.92 Å². The average Bonchev–Trinajstić information content (AvgIpc) is 2.58. The van der Waals surface area contributed by atoms with Crippen molar-refractivity contribution in [3.05, 3.63) is 59.5 Å². The molecule has 1 aliphatic rings. The van der Waals surface area contributed by atoms with Crippen LogP contribution in [-0.2, 0) is 0 Å². The summed E-state index contributed by atoms with van der Waals surface area (Å²) < 4.78 is 13.3. The molecule has 1 aliphatic heterocycles. The number of aryl methyl sites for hydroxylation is 1. The van der Waals surface area contributed by atoms with Crippen LogP contribution in [0.25, 0.3) is 0 Å². The molecule has 2 aromatic rings. The van der Waals surface area contributed by atoms with Crippen molar-refractivity contribution in [1.29, 1.82) is 0 Å². The Balaban J connectivity index is 1.66. The summed E-state index contributed by atoms with van der Waals surface area (Å²) in [6.45, 7) is 4.47. The fourth-order valence-corrected chi connectivity index (χ4v) is 2.64. The Morgan fingerprint density at radius 2 is 1.91 bits per heavy atom. The number of aromatic nitrogens is 1. The number of hydrogen-bond acceptors (Lipinski definition) is 3. The molecular weight excluding hydrogens is 281 g/mol. The molecule has 0 atom stereocenters. The summed E-state index contributed by atoms with van der Waals surface area (Å²) in [6.07, 6.45) is 1.77. The van der Waals surface area contributed by atoms with Gasteiger partial charge in [-0.15, -0.1) is 0 Å². The van der Waals surface area contributed by atoms with Crippen LogP contribution in [-0.4, -0.2) is 42.0 Å². The van der Waals surface area contributed by atoms with Crippen LogP contribution in [0.3, 0.4) is 0 Å². The molecule has 1 aromatic heterocycles. The second-order valence-electron chi connectivity index (χ2n) is 5.43. The molecule has 1 amide bonds. The standard InChI is InChI=1S/C17H18FN3O/c1-13-12-14(5-6-15(13)18)17(22)21-10-8-20(9-11-21)16-4-2-3-7-19-16/h2-7,12H,8-11H2,1H3. The van der Waals surface area contributed by atoms with Gasteiger partial charge in [0.05, 0.1) is 0 Å². The molecule has 22 heavy (non-hydrogen) atoms.